The van der Waals surface area contributed by atoms with Crippen molar-refractivity contribution >= 4 is 28.6 Å². The highest BCUT2D eigenvalue weighted by molar-refractivity contribution is 7.09. The fourth-order valence-electron chi connectivity index (χ4n) is 2.10. The minimum absolute atomic E-state index is 0.433. The Balaban J connectivity index is 2.18. The van der Waals surface area contributed by atoms with E-state index in [0.717, 1.165) is 17.7 Å². The molecule has 1 atom stereocenters. The van der Waals surface area contributed by atoms with Gasteiger partial charge in [-0.3, -0.25) is 4.98 Å². The van der Waals surface area contributed by atoms with Crippen LogP contribution in [0.1, 0.15) is 23.1 Å². The second kappa shape index (κ2) is 6.40. The van der Waals surface area contributed by atoms with E-state index in [-0.39, 0.29) is 0 Å². The van der Waals surface area contributed by atoms with Crippen LogP contribution in [0.2, 0.25) is 0 Å². The summed E-state index contributed by atoms with van der Waals surface area (Å²) < 4.78 is 0. The normalized spacial score (nSPS) is 12.4. The van der Waals surface area contributed by atoms with Crippen molar-refractivity contribution in [3.8, 4) is 0 Å². The van der Waals surface area contributed by atoms with Gasteiger partial charge in [-0.05, 0) is 31.4 Å². The van der Waals surface area contributed by atoms with E-state index < -0.39 is 0 Å². The van der Waals surface area contributed by atoms with Crippen molar-refractivity contribution < 1.29 is 0 Å². The Kier molecular flexibility index (Phi) is 4.83. The van der Waals surface area contributed by atoms with Gasteiger partial charge in [-0.25, -0.2) is 0 Å². The van der Waals surface area contributed by atoms with E-state index >= 15 is 0 Å². The zero-order valence-electron chi connectivity index (χ0n) is 11.6. The lowest BCUT2D eigenvalue weighted by Crippen LogP contribution is -2.31. The molecule has 2 rings (SSSR count). The molecule has 19 heavy (non-hydrogen) atoms. The van der Waals surface area contributed by atoms with Crippen LogP contribution in [-0.2, 0) is 12.3 Å². The summed E-state index contributed by atoms with van der Waals surface area (Å²) in [7, 11) is 2.13. The number of hydrogen-bond donors (Lipinski definition) is 0. The van der Waals surface area contributed by atoms with E-state index in [1.54, 1.807) is 0 Å². The second-order valence-electron chi connectivity index (χ2n) is 4.83. The molecule has 4 heteroatoms. The highest BCUT2D eigenvalue weighted by Gasteiger charge is 2.15. The van der Waals surface area contributed by atoms with Gasteiger partial charge in [0, 0.05) is 47.5 Å². The number of alkyl halides is 1. The maximum Gasteiger partial charge on any atom is 0.0509 e. The van der Waals surface area contributed by atoms with Crippen LogP contribution < -0.4 is 4.90 Å². The second-order valence-corrected chi connectivity index (χ2v) is 6.13. The fourth-order valence-corrected chi connectivity index (χ4v) is 3.13. The molecule has 0 saturated carbocycles. The highest BCUT2D eigenvalue weighted by Crippen LogP contribution is 2.25. The number of pyridine rings is 1. The van der Waals surface area contributed by atoms with Gasteiger partial charge in [-0.1, -0.05) is 6.07 Å². The lowest BCUT2D eigenvalue weighted by Gasteiger charge is -2.28. The first-order chi connectivity index (χ1) is 9.11. The zero-order valence-corrected chi connectivity index (χ0v) is 13.1. The van der Waals surface area contributed by atoms with Crippen LogP contribution in [0.15, 0.2) is 29.8 Å². The molecule has 2 heterocycles. The molecule has 0 amide bonds. The Morgan fingerprint density at radius 3 is 2.89 bits per heavy atom. The molecule has 0 bridgehead atoms. The molecule has 0 aliphatic heterocycles. The summed E-state index contributed by atoms with van der Waals surface area (Å²) in [5, 5.41) is 2.13. The minimum Gasteiger partial charge on any atom is -0.371 e. The monoisotopic (exact) mass is 294 g/mol. The lowest BCUT2D eigenvalue weighted by molar-refractivity contribution is 0.685. The molecule has 0 aliphatic carbocycles. The van der Waals surface area contributed by atoms with Gasteiger partial charge in [0.2, 0.25) is 0 Å². The summed E-state index contributed by atoms with van der Waals surface area (Å²) in [4.78, 5) is 8.03. The number of anilines is 1. The van der Waals surface area contributed by atoms with E-state index in [1.807, 2.05) is 24.5 Å². The van der Waals surface area contributed by atoms with Gasteiger partial charge in [0.05, 0.1) is 5.88 Å². The third-order valence-electron chi connectivity index (χ3n) is 3.36. The molecule has 0 N–H and O–H groups in total. The van der Waals surface area contributed by atoms with Crippen LogP contribution in [-0.4, -0.2) is 18.1 Å². The Morgan fingerprint density at radius 1 is 1.47 bits per heavy atom. The van der Waals surface area contributed by atoms with E-state index in [2.05, 4.69) is 47.4 Å². The molecule has 102 valence electrons. The number of hydrogen-bond acceptors (Lipinski definition) is 3. The average molecular weight is 295 g/mol. The average Bonchev–Trinajstić information content (AvgIpc) is 2.90. The Bertz CT molecular complexity index is 525. The van der Waals surface area contributed by atoms with Gasteiger partial charge >= 0.3 is 0 Å². The van der Waals surface area contributed by atoms with Gasteiger partial charge in [0.1, 0.15) is 0 Å². The smallest absolute Gasteiger partial charge is 0.0509 e. The predicted molar refractivity (Wildman–Crippen MR) is 84.4 cm³/mol. The third kappa shape index (κ3) is 3.48. The number of nitrogens with zero attached hydrogens (tertiary/aromatic N) is 2. The van der Waals surface area contributed by atoms with Crippen LogP contribution in [0.25, 0.3) is 0 Å². The largest absolute Gasteiger partial charge is 0.371 e. The first-order valence-corrected chi connectivity index (χ1v) is 7.80. The molecule has 0 aromatic carbocycles. The Hall–Kier alpha value is -1.06. The van der Waals surface area contributed by atoms with Crippen molar-refractivity contribution in [3.05, 3.63) is 45.9 Å². The van der Waals surface area contributed by atoms with Gasteiger partial charge in [0.25, 0.3) is 0 Å². The first kappa shape index (κ1) is 14.4. The molecule has 0 radical (unpaired) electrons. The number of thiophene rings is 1. The maximum atomic E-state index is 6.01. The van der Waals surface area contributed by atoms with Crippen molar-refractivity contribution in [3.63, 3.8) is 0 Å². The maximum absolute atomic E-state index is 6.01. The summed E-state index contributed by atoms with van der Waals surface area (Å²) in [6, 6.07) is 6.84. The standard InChI is InChI=1S/C15H19ClN2S/c1-11-7-15(13(9-16)10-17-11)18(3)12(2)8-14-5-4-6-19-14/h4-7,10,12H,8-9H2,1-3H3. The van der Waals surface area contributed by atoms with Gasteiger partial charge in [-0.2, -0.15) is 0 Å². The van der Waals surface area contributed by atoms with Gasteiger partial charge in [-0.15, -0.1) is 22.9 Å². The SMILES string of the molecule is Cc1cc(N(C)C(C)Cc2cccs2)c(CCl)cn1. The quantitative estimate of drug-likeness (QED) is 0.766. The predicted octanol–water partition coefficient (Wildman–Crippen LogP) is 4.26. The number of likely N-dealkylation sites (N-methyl/N-ethyl adjacent to an activating group) is 1. The molecule has 0 aliphatic rings. The summed E-state index contributed by atoms with van der Waals surface area (Å²) in [6.07, 6.45) is 2.93. The molecular formula is C15H19ClN2S. The molecular weight excluding hydrogens is 276 g/mol. The van der Waals surface area contributed by atoms with Crippen LogP contribution in [0.5, 0.6) is 0 Å². The fraction of sp³-hybridized carbons (Fsp3) is 0.400. The molecule has 0 fully saturated rings. The molecule has 0 spiro atoms. The van der Waals surface area contributed by atoms with Crippen LogP contribution in [0, 0.1) is 6.92 Å². The number of aromatic nitrogens is 1. The van der Waals surface area contributed by atoms with E-state index in [1.165, 1.54) is 10.6 Å². The van der Waals surface area contributed by atoms with Crippen molar-refractivity contribution in [1.82, 2.24) is 4.98 Å². The molecule has 0 saturated heterocycles. The van der Waals surface area contributed by atoms with E-state index in [9.17, 15) is 0 Å². The Morgan fingerprint density at radius 2 is 2.26 bits per heavy atom. The van der Waals surface area contributed by atoms with Crippen LogP contribution >= 0.6 is 22.9 Å². The highest BCUT2D eigenvalue weighted by atomic mass is 35.5. The number of rotatable bonds is 5. The van der Waals surface area contributed by atoms with Crippen molar-refractivity contribution in [2.45, 2.75) is 32.2 Å². The summed E-state index contributed by atoms with van der Waals surface area (Å²) >= 11 is 7.82. The first-order valence-electron chi connectivity index (χ1n) is 6.38. The number of aryl methyl sites for hydroxylation is 1. The van der Waals surface area contributed by atoms with Crippen molar-refractivity contribution in [2.24, 2.45) is 0 Å². The summed E-state index contributed by atoms with van der Waals surface area (Å²) in [5.41, 5.74) is 3.30. The lowest BCUT2D eigenvalue weighted by atomic mass is 10.1. The molecule has 2 aromatic rings. The van der Waals surface area contributed by atoms with Crippen molar-refractivity contribution in [1.29, 1.82) is 0 Å². The zero-order chi connectivity index (χ0) is 13.8. The van der Waals surface area contributed by atoms with Gasteiger partial charge < -0.3 is 4.90 Å². The summed E-state index contributed by atoms with van der Waals surface area (Å²) in [6.45, 7) is 4.26. The number of halogens is 1. The molecule has 2 nitrogen and oxygen atoms in total. The molecule has 2 aromatic heterocycles. The summed E-state index contributed by atoms with van der Waals surface area (Å²) in [5.74, 6) is 0.499. The minimum atomic E-state index is 0.433. The van der Waals surface area contributed by atoms with Crippen molar-refractivity contribution in [2.75, 3.05) is 11.9 Å². The van der Waals surface area contributed by atoms with Crippen LogP contribution in [0.3, 0.4) is 0 Å². The third-order valence-corrected chi connectivity index (χ3v) is 4.55. The Labute approximate surface area is 124 Å². The van der Waals surface area contributed by atoms with Crippen LogP contribution in [0.4, 0.5) is 5.69 Å². The topological polar surface area (TPSA) is 16.1 Å². The molecule has 1 unspecified atom stereocenters. The van der Waals surface area contributed by atoms with Gasteiger partial charge in [0.15, 0.2) is 0 Å². The van der Waals surface area contributed by atoms with E-state index in [4.69, 9.17) is 11.6 Å². The van der Waals surface area contributed by atoms with E-state index in [0.29, 0.717) is 11.9 Å².